The summed E-state index contributed by atoms with van der Waals surface area (Å²) in [6.45, 7) is 0.535. The molecule has 21 heavy (non-hydrogen) atoms. The normalized spacial score (nSPS) is 11.0. The SMILES string of the molecule is NCCc1nc(-c2nc(-c3ccc(F)cc3Cl)no2)cs1. The van der Waals surface area contributed by atoms with Crippen molar-refractivity contribution in [2.75, 3.05) is 6.54 Å². The average molecular weight is 325 g/mol. The lowest BCUT2D eigenvalue weighted by Crippen LogP contribution is -2.01. The molecule has 0 unspecified atom stereocenters. The molecule has 2 aromatic heterocycles. The van der Waals surface area contributed by atoms with E-state index < -0.39 is 5.82 Å². The Morgan fingerprint density at radius 3 is 2.95 bits per heavy atom. The van der Waals surface area contributed by atoms with Crippen LogP contribution in [0.3, 0.4) is 0 Å². The van der Waals surface area contributed by atoms with Gasteiger partial charge in [-0.3, -0.25) is 0 Å². The van der Waals surface area contributed by atoms with Crippen LogP contribution in [0.1, 0.15) is 5.01 Å². The van der Waals surface area contributed by atoms with Gasteiger partial charge in [0.05, 0.1) is 10.0 Å². The molecule has 3 aromatic rings. The van der Waals surface area contributed by atoms with Gasteiger partial charge in [0, 0.05) is 17.4 Å². The highest BCUT2D eigenvalue weighted by molar-refractivity contribution is 7.09. The summed E-state index contributed by atoms with van der Waals surface area (Å²) in [4.78, 5) is 8.61. The predicted molar refractivity (Wildman–Crippen MR) is 78.6 cm³/mol. The summed E-state index contributed by atoms with van der Waals surface area (Å²) in [6, 6.07) is 4.00. The molecule has 2 heterocycles. The van der Waals surface area contributed by atoms with Gasteiger partial charge in [-0.05, 0) is 24.7 Å². The monoisotopic (exact) mass is 324 g/mol. The van der Waals surface area contributed by atoms with Gasteiger partial charge in [0.1, 0.15) is 11.5 Å². The minimum atomic E-state index is -0.418. The van der Waals surface area contributed by atoms with Gasteiger partial charge in [-0.2, -0.15) is 4.98 Å². The summed E-state index contributed by atoms with van der Waals surface area (Å²) in [5, 5.41) is 6.82. The zero-order valence-corrected chi connectivity index (χ0v) is 12.3. The van der Waals surface area contributed by atoms with Crippen molar-refractivity contribution >= 4 is 22.9 Å². The van der Waals surface area contributed by atoms with E-state index >= 15 is 0 Å². The van der Waals surface area contributed by atoms with E-state index in [0.717, 1.165) is 5.01 Å². The minimum Gasteiger partial charge on any atom is -0.332 e. The maximum absolute atomic E-state index is 13.0. The number of rotatable bonds is 4. The number of hydrogen-bond donors (Lipinski definition) is 1. The largest absolute Gasteiger partial charge is 0.332 e. The van der Waals surface area contributed by atoms with Gasteiger partial charge in [-0.15, -0.1) is 11.3 Å². The van der Waals surface area contributed by atoms with Crippen molar-refractivity contribution in [3.8, 4) is 23.0 Å². The van der Waals surface area contributed by atoms with E-state index in [1.54, 1.807) is 0 Å². The maximum atomic E-state index is 13.0. The number of benzene rings is 1. The average Bonchev–Trinajstić information content (AvgIpc) is 3.08. The first-order valence-corrected chi connectivity index (χ1v) is 7.37. The molecule has 0 radical (unpaired) electrons. The van der Waals surface area contributed by atoms with Crippen LogP contribution in [0.15, 0.2) is 28.1 Å². The summed E-state index contributed by atoms with van der Waals surface area (Å²) < 4.78 is 18.2. The number of nitrogens with two attached hydrogens (primary N) is 1. The molecule has 1 aromatic carbocycles. The molecule has 3 rings (SSSR count). The molecule has 0 spiro atoms. The molecule has 0 atom stereocenters. The molecule has 0 saturated heterocycles. The number of halogens is 2. The molecular weight excluding hydrogens is 315 g/mol. The fraction of sp³-hybridized carbons (Fsp3) is 0.154. The van der Waals surface area contributed by atoms with E-state index in [-0.39, 0.29) is 5.02 Å². The van der Waals surface area contributed by atoms with Crippen molar-refractivity contribution in [2.24, 2.45) is 5.73 Å². The zero-order valence-electron chi connectivity index (χ0n) is 10.7. The van der Waals surface area contributed by atoms with Crippen LogP contribution < -0.4 is 5.73 Å². The standard InChI is InChI=1S/C13H10ClFN4OS/c14-9-5-7(15)1-2-8(9)12-18-13(20-19-12)10-6-21-11(17-10)3-4-16/h1-2,5-6H,3-4,16H2. The van der Waals surface area contributed by atoms with Crippen molar-refractivity contribution < 1.29 is 8.91 Å². The van der Waals surface area contributed by atoms with Gasteiger partial charge in [0.15, 0.2) is 0 Å². The molecule has 0 saturated carbocycles. The Hall–Kier alpha value is -1.83. The molecule has 2 N–H and O–H groups in total. The number of nitrogens with zero attached hydrogens (tertiary/aromatic N) is 3. The number of aromatic nitrogens is 3. The van der Waals surface area contributed by atoms with Gasteiger partial charge in [0.25, 0.3) is 5.89 Å². The molecule has 0 fully saturated rings. The van der Waals surface area contributed by atoms with E-state index in [9.17, 15) is 4.39 Å². The van der Waals surface area contributed by atoms with Gasteiger partial charge in [-0.1, -0.05) is 16.8 Å². The Kier molecular flexibility index (Phi) is 3.96. The van der Waals surface area contributed by atoms with Crippen molar-refractivity contribution in [1.29, 1.82) is 0 Å². The first-order chi connectivity index (χ1) is 10.2. The van der Waals surface area contributed by atoms with Crippen LogP contribution in [-0.4, -0.2) is 21.7 Å². The third-order valence-corrected chi connectivity index (χ3v) is 3.95. The Labute approximate surface area is 128 Å². The van der Waals surface area contributed by atoms with Crippen LogP contribution >= 0.6 is 22.9 Å². The fourth-order valence-electron chi connectivity index (χ4n) is 1.76. The molecule has 108 valence electrons. The second-order valence-electron chi connectivity index (χ2n) is 4.21. The molecule has 0 aliphatic rings. The maximum Gasteiger partial charge on any atom is 0.277 e. The third-order valence-electron chi connectivity index (χ3n) is 2.73. The van der Waals surface area contributed by atoms with E-state index in [1.807, 2.05) is 5.38 Å². The lowest BCUT2D eigenvalue weighted by molar-refractivity contribution is 0.431. The predicted octanol–water partition coefficient (Wildman–Crippen LogP) is 3.15. The first-order valence-electron chi connectivity index (χ1n) is 6.11. The van der Waals surface area contributed by atoms with Gasteiger partial charge < -0.3 is 10.3 Å². The van der Waals surface area contributed by atoms with Gasteiger partial charge >= 0.3 is 0 Å². The van der Waals surface area contributed by atoms with Crippen LogP contribution in [-0.2, 0) is 6.42 Å². The molecule has 0 aliphatic carbocycles. The first kappa shape index (κ1) is 14.1. The molecule has 0 amide bonds. The highest BCUT2D eigenvalue weighted by atomic mass is 35.5. The third kappa shape index (κ3) is 2.94. The Balaban J connectivity index is 1.91. The van der Waals surface area contributed by atoms with E-state index in [4.69, 9.17) is 21.9 Å². The summed E-state index contributed by atoms with van der Waals surface area (Å²) >= 11 is 7.46. The minimum absolute atomic E-state index is 0.226. The van der Waals surface area contributed by atoms with Crippen LogP contribution in [0.5, 0.6) is 0 Å². The van der Waals surface area contributed by atoms with E-state index in [1.165, 1.54) is 29.5 Å². The van der Waals surface area contributed by atoms with Crippen molar-refractivity contribution in [3.05, 3.63) is 39.4 Å². The molecular formula is C13H10ClFN4OS. The highest BCUT2D eigenvalue weighted by Gasteiger charge is 2.15. The second kappa shape index (κ2) is 5.88. The molecule has 8 heteroatoms. The quantitative estimate of drug-likeness (QED) is 0.797. The lowest BCUT2D eigenvalue weighted by atomic mass is 10.2. The molecule has 0 aliphatic heterocycles. The van der Waals surface area contributed by atoms with Crippen LogP contribution in [0.4, 0.5) is 4.39 Å². The Morgan fingerprint density at radius 1 is 1.33 bits per heavy atom. The van der Waals surface area contributed by atoms with Gasteiger partial charge in [-0.25, -0.2) is 9.37 Å². The summed E-state index contributed by atoms with van der Waals surface area (Å²) in [6.07, 6.45) is 0.704. The van der Waals surface area contributed by atoms with Crippen LogP contribution in [0, 0.1) is 5.82 Å². The lowest BCUT2D eigenvalue weighted by Gasteiger charge is -1.97. The molecule has 5 nitrogen and oxygen atoms in total. The van der Waals surface area contributed by atoms with E-state index in [2.05, 4.69) is 15.1 Å². The fourth-order valence-corrected chi connectivity index (χ4v) is 2.79. The summed E-state index contributed by atoms with van der Waals surface area (Å²) in [5.74, 6) is 0.173. The summed E-state index contributed by atoms with van der Waals surface area (Å²) in [5.41, 5.74) is 6.59. The smallest absolute Gasteiger partial charge is 0.277 e. The van der Waals surface area contributed by atoms with Crippen LogP contribution in [0.2, 0.25) is 5.02 Å². The number of hydrogen-bond acceptors (Lipinski definition) is 6. The second-order valence-corrected chi connectivity index (χ2v) is 5.56. The Morgan fingerprint density at radius 2 is 2.19 bits per heavy atom. The topological polar surface area (TPSA) is 77.8 Å². The molecule has 0 bridgehead atoms. The Bertz CT molecular complexity index is 773. The number of thiazole rings is 1. The van der Waals surface area contributed by atoms with Crippen molar-refractivity contribution in [2.45, 2.75) is 6.42 Å². The van der Waals surface area contributed by atoms with Crippen molar-refractivity contribution in [1.82, 2.24) is 15.1 Å². The van der Waals surface area contributed by atoms with Gasteiger partial charge in [0.2, 0.25) is 5.82 Å². The van der Waals surface area contributed by atoms with E-state index in [0.29, 0.717) is 35.9 Å². The van der Waals surface area contributed by atoms with Crippen LogP contribution in [0.25, 0.3) is 23.0 Å². The highest BCUT2D eigenvalue weighted by Crippen LogP contribution is 2.28. The zero-order chi connectivity index (χ0) is 14.8. The summed E-state index contributed by atoms with van der Waals surface area (Å²) in [7, 11) is 0. The van der Waals surface area contributed by atoms with Crippen molar-refractivity contribution in [3.63, 3.8) is 0 Å².